The molecule has 1 fully saturated rings. The lowest BCUT2D eigenvalue weighted by atomic mass is 10.1. The van der Waals surface area contributed by atoms with Gasteiger partial charge in [-0.25, -0.2) is 10.8 Å². The Balaban J connectivity index is 2.03. The standard InChI is InChI=1S/C14H22N4O2/c1-10-7-11(8-13(16-10)17-15)14(19)18(2)9-12-5-3-4-6-20-12/h7-8,12H,3-6,9,15H2,1-2H3,(H,16,17). The normalized spacial score (nSPS) is 18.6. The third-order valence-corrected chi connectivity index (χ3v) is 3.45. The van der Waals surface area contributed by atoms with E-state index in [9.17, 15) is 4.79 Å². The first-order chi connectivity index (χ1) is 9.60. The number of nitrogens with two attached hydrogens (primary N) is 1. The molecule has 1 aliphatic heterocycles. The second-order valence-corrected chi connectivity index (χ2v) is 5.20. The molecule has 1 saturated heterocycles. The Labute approximate surface area is 119 Å². The van der Waals surface area contributed by atoms with Crippen LogP contribution in [0, 0.1) is 6.92 Å². The fourth-order valence-corrected chi connectivity index (χ4v) is 2.43. The van der Waals surface area contributed by atoms with Gasteiger partial charge in [-0.15, -0.1) is 0 Å². The molecule has 110 valence electrons. The van der Waals surface area contributed by atoms with Gasteiger partial charge in [0.25, 0.3) is 5.91 Å². The van der Waals surface area contributed by atoms with Crippen molar-refractivity contribution in [1.29, 1.82) is 0 Å². The molecular formula is C14H22N4O2. The second-order valence-electron chi connectivity index (χ2n) is 5.20. The van der Waals surface area contributed by atoms with Crippen LogP contribution in [0.15, 0.2) is 12.1 Å². The lowest BCUT2D eigenvalue weighted by Crippen LogP contribution is -2.37. The summed E-state index contributed by atoms with van der Waals surface area (Å²) in [6.45, 7) is 3.25. The summed E-state index contributed by atoms with van der Waals surface area (Å²) in [6.07, 6.45) is 3.45. The zero-order valence-corrected chi connectivity index (χ0v) is 12.1. The quantitative estimate of drug-likeness (QED) is 0.641. The maximum absolute atomic E-state index is 12.4. The molecule has 1 amide bonds. The van der Waals surface area contributed by atoms with Crippen LogP contribution in [0.3, 0.4) is 0 Å². The van der Waals surface area contributed by atoms with E-state index in [0.717, 1.165) is 25.1 Å². The average molecular weight is 278 g/mol. The summed E-state index contributed by atoms with van der Waals surface area (Å²) in [4.78, 5) is 18.3. The van der Waals surface area contributed by atoms with Crippen LogP contribution in [0.25, 0.3) is 0 Å². The Morgan fingerprint density at radius 1 is 1.55 bits per heavy atom. The van der Waals surface area contributed by atoms with Crippen LogP contribution >= 0.6 is 0 Å². The van der Waals surface area contributed by atoms with E-state index in [1.165, 1.54) is 6.42 Å². The van der Waals surface area contributed by atoms with Gasteiger partial charge in [0.05, 0.1) is 6.10 Å². The highest BCUT2D eigenvalue weighted by atomic mass is 16.5. The minimum Gasteiger partial charge on any atom is -0.376 e. The number of amides is 1. The van der Waals surface area contributed by atoms with Crippen molar-refractivity contribution in [2.75, 3.05) is 25.6 Å². The largest absolute Gasteiger partial charge is 0.376 e. The van der Waals surface area contributed by atoms with Crippen LogP contribution < -0.4 is 11.3 Å². The van der Waals surface area contributed by atoms with Gasteiger partial charge in [0.1, 0.15) is 5.82 Å². The number of pyridine rings is 1. The molecule has 1 atom stereocenters. The molecule has 0 saturated carbocycles. The van der Waals surface area contributed by atoms with E-state index in [4.69, 9.17) is 10.6 Å². The van der Waals surface area contributed by atoms with Crippen LogP contribution in [0.4, 0.5) is 5.82 Å². The molecule has 2 heterocycles. The van der Waals surface area contributed by atoms with Crippen LogP contribution in [-0.4, -0.2) is 42.1 Å². The minimum atomic E-state index is -0.0406. The van der Waals surface area contributed by atoms with E-state index in [0.29, 0.717) is 17.9 Å². The third-order valence-electron chi connectivity index (χ3n) is 3.45. The molecule has 0 radical (unpaired) electrons. The third kappa shape index (κ3) is 3.68. The van der Waals surface area contributed by atoms with Crippen molar-refractivity contribution in [2.45, 2.75) is 32.3 Å². The Kier molecular flexibility index (Phi) is 4.92. The highest BCUT2D eigenvalue weighted by Crippen LogP contribution is 2.16. The van der Waals surface area contributed by atoms with Crippen molar-refractivity contribution in [3.8, 4) is 0 Å². The van der Waals surface area contributed by atoms with Crippen molar-refractivity contribution < 1.29 is 9.53 Å². The Morgan fingerprint density at radius 3 is 3.00 bits per heavy atom. The summed E-state index contributed by atoms with van der Waals surface area (Å²) in [7, 11) is 1.80. The van der Waals surface area contributed by atoms with Crippen molar-refractivity contribution in [3.63, 3.8) is 0 Å². The molecule has 1 unspecified atom stereocenters. The van der Waals surface area contributed by atoms with E-state index in [-0.39, 0.29) is 12.0 Å². The monoisotopic (exact) mass is 278 g/mol. The predicted octanol–water partition coefficient (Wildman–Crippen LogP) is 1.32. The molecule has 6 heteroatoms. The molecule has 1 aromatic heterocycles. The molecule has 0 bridgehead atoms. The second kappa shape index (κ2) is 6.67. The number of anilines is 1. The molecule has 1 aliphatic rings. The molecule has 0 spiro atoms. The number of aromatic nitrogens is 1. The summed E-state index contributed by atoms with van der Waals surface area (Å²) in [5.74, 6) is 5.81. The van der Waals surface area contributed by atoms with Gasteiger partial charge in [0.15, 0.2) is 0 Å². The fraction of sp³-hybridized carbons (Fsp3) is 0.571. The van der Waals surface area contributed by atoms with E-state index in [1.54, 1.807) is 24.1 Å². The number of carbonyl (C=O) groups is 1. The number of nitrogens with one attached hydrogen (secondary N) is 1. The molecule has 3 N–H and O–H groups in total. The number of nitrogen functional groups attached to an aromatic ring is 1. The van der Waals surface area contributed by atoms with Gasteiger partial charge in [-0.3, -0.25) is 4.79 Å². The van der Waals surface area contributed by atoms with Crippen molar-refractivity contribution in [3.05, 3.63) is 23.4 Å². The Morgan fingerprint density at radius 2 is 2.35 bits per heavy atom. The number of aryl methyl sites for hydroxylation is 1. The number of nitrogens with zero attached hydrogens (tertiary/aromatic N) is 2. The highest BCUT2D eigenvalue weighted by molar-refractivity contribution is 5.94. The van der Waals surface area contributed by atoms with Crippen molar-refractivity contribution >= 4 is 11.7 Å². The van der Waals surface area contributed by atoms with Crippen LogP contribution in [0.2, 0.25) is 0 Å². The molecule has 2 rings (SSSR count). The summed E-state index contributed by atoms with van der Waals surface area (Å²) >= 11 is 0. The van der Waals surface area contributed by atoms with Gasteiger partial charge in [-0.05, 0) is 38.3 Å². The maximum Gasteiger partial charge on any atom is 0.253 e. The van der Waals surface area contributed by atoms with Gasteiger partial charge in [0.2, 0.25) is 0 Å². The lowest BCUT2D eigenvalue weighted by molar-refractivity contribution is -0.000188. The number of hydrogen-bond acceptors (Lipinski definition) is 5. The molecule has 0 aliphatic carbocycles. The van der Waals surface area contributed by atoms with Crippen LogP contribution in [0.5, 0.6) is 0 Å². The zero-order chi connectivity index (χ0) is 14.5. The number of likely N-dealkylation sites (N-methyl/N-ethyl adjacent to an activating group) is 1. The molecule has 20 heavy (non-hydrogen) atoms. The predicted molar refractivity (Wildman–Crippen MR) is 77.3 cm³/mol. The topological polar surface area (TPSA) is 80.5 Å². The smallest absolute Gasteiger partial charge is 0.253 e. The first kappa shape index (κ1) is 14.7. The zero-order valence-electron chi connectivity index (χ0n) is 12.1. The number of ether oxygens (including phenoxy) is 1. The van der Waals surface area contributed by atoms with Gasteiger partial charge in [-0.2, -0.15) is 0 Å². The van der Waals surface area contributed by atoms with E-state index < -0.39 is 0 Å². The van der Waals surface area contributed by atoms with E-state index >= 15 is 0 Å². The number of hydrazine groups is 1. The fourth-order valence-electron chi connectivity index (χ4n) is 2.43. The minimum absolute atomic E-state index is 0.0406. The number of hydrogen-bond donors (Lipinski definition) is 2. The van der Waals surface area contributed by atoms with Crippen LogP contribution in [-0.2, 0) is 4.74 Å². The van der Waals surface area contributed by atoms with Gasteiger partial charge >= 0.3 is 0 Å². The lowest BCUT2D eigenvalue weighted by Gasteiger charge is -2.27. The summed E-state index contributed by atoms with van der Waals surface area (Å²) < 4.78 is 5.66. The van der Waals surface area contributed by atoms with Crippen molar-refractivity contribution in [2.24, 2.45) is 5.84 Å². The average Bonchev–Trinajstić information content (AvgIpc) is 2.46. The Bertz CT molecular complexity index is 472. The molecule has 6 nitrogen and oxygen atoms in total. The first-order valence-electron chi connectivity index (χ1n) is 6.92. The first-order valence-corrected chi connectivity index (χ1v) is 6.92. The van der Waals surface area contributed by atoms with Crippen molar-refractivity contribution in [1.82, 2.24) is 9.88 Å². The SMILES string of the molecule is Cc1cc(C(=O)N(C)CC2CCCCO2)cc(NN)n1. The van der Waals surface area contributed by atoms with E-state index in [1.807, 2.05) is 6.92 Å². The van der Waals surface area contributed by atoms with Gasteiger partial charge < -0.3 is 15.1 Å². The number of rotatable bonds is 4. The molecule has 0 aromatic carbocycles. The summed E-state index contributed by atoms with van der Waals surface area (Å²) in [5.41, 5.74) is 3.82. The number of carbonyl (C=O) groups excluding carboxylic acids is 1. The maximum atomic E-state index is 12.4. The van der Waals surface area contributed by atoms with Crippen LogP contribution in [0.1, 0.15) is 35.3 Å². The molecule has 1 aromatic rings. The van der Waals surface area contributed by atoms with Gasteiger partial charge in [-0.1, -0.05) is 0 Å². The summed E-state index contributed by atoms with van der Waals surface area (Å²) in [6, 6.07) is 3.43. The summed E-state index contributed by atoms with van der Waals surface area (Å²) in [5, 5.41) is 0. The highest BCUT2D eigenvalue weighted by Gasteiger charge is 2.20. The van der Waals surface area contributed by atoms with E-state index in [2.05, 4.69) is 10.4 Å². The van der Waals surface area contributed by atoms with Gasteiger partial charge in [0, 0.05) is 31.5 Å². The Hall–Kier alpha value is -1.66. The molecular weight excluding hydrogens is 256 g/mol.